The van der Waals surface area contributed by atoms with Crippen LogP contribution in [-0.2, 0) is 14.3 Å². The summed E-state index contributed by atoms with van der Waals surface area (Å²) in [5.74, 6) is -0.283. The molecule has 0 aromatic carbocycles. The lowest BCUT2D eigenvalue weighted by Crippen LogP contribution is -2.49. The van der Waals surface area contributed by atoms with Crippen LogP contribution in [0.15, 0.2) is 0 Å². The first-order valence-electron chi connectivity index (χ1n) is 4.01. The molecule has 0 bridgehead atoms. The van der Waals surface area contributed by atoms with Crippen molar-refractivity contribution in [1.29, 1.82) is 5.26 Å². The van der Waals surface area contributed by atoms with Crippen molar-refractivity contribution < 1.29 is 14.3 Å². The molecule has 0 aromatic heterocycles. The molecule has 1 rings (SSSR count). The number of rotatable bonds is 3. The Bertz CT molecular complexity index is 228. The van der Waals surface area contributed by atoms with Crippen molar-refractivity contribution in [1.82, 2.24) is 5.32 Å². The highest BCUT2D eigenvalue weighted by Gasteiger charge is 2.36. The average molecular weight is 184 g/mol. The number of carbonyl (C=O) groups excluding carboxylic acids is 1. The Balaban J connectivity index is 2.49. The van der Waals surface area contributed by atoms with Crippen LogP contribution in [-0.4, -0.2) is 38.4 Å². The molecule has 1 atom stereocenters. The molecule has 0 saturated carbocycles. The summed E-state index contributed by atoms with van der Waals surface area (Å²) in [7, 11) is 1.43. The predicted molar refractivity (Wildman–Crippen MR) is 43.8 cm³/mol. The SMILES string of the molecule is COCC(=O)NC1(C#N)CCOC1. The summed E-state index contributed by atoms with van der Waals surface area (Å²) >= 11 is 0. The van der Waals surface area contributed by atoms with Gasteiger partial charge in [-0.2, -0.15) is 5.26 Å². The molecule has 1 amide bonds. The quantitative estimate of drug-likeness (QED) is 0.637. The highest BCUT2D eigenvalue weighted by atomic mass is 16.5. The number of nitrogens with one attached hydrogen (secondary N) is 1. The third-order valence-electron chi connectivity index (χ3n) is 1.89. The lowest BCUT2D eigenvalue weighted by molar-refractivity contribution is -0.126. The van der Waals surface area contributed by atoms with Crippen molar-refractivity contribution in [2.75, 3.05) is 26.9 Å². The van der Waals surface area contributed by atoms with Crippen LogP contribution in [0, 0.1) is 11.3 Å². The summed E-state index contributed by atoms with van der Waals surface area (Å²) in [6.45, 7) is 0.753. The van der Waals surface area contributed by atoms with Crippen LogP contribution < -0.4 is 5.32 Å². The van der Waals surface area contributed by atoms with Crippen LogP contribution in [0.25, 0.3) is 0 Å². The number of nitriles is 1. The fourth-order valence-electron chi connectivity index (χ4n) is 1.21. The van der Waals surface area contributed by atoms with E-state index in [4.69, 9.17) is 10.00 Å². The number of hydrogen-bond acceptors (Lipinski definition) is 4. The summed E-state index contributed by atoms with van der Waals surface area (Å²) in [5, 5.41) is 11.4. The van der Waals surface area contributed by atoms with E-state index in [2.05, 4.69) is 16.1 Å². The van der Waals surface area contributed by atoms with Gasteiger partial charge in [0, 0.05) is 13.5 Å². The first kappa shape index (κ1) is 9.96. The lowest BCUT2D eigenvalue weighted by Gasteiger charge is -2.19. The minimum atomic E-state index is -0.838. The first-order valence-corrected chi connectivity index (χ1v) is 4.01. The van der Waals surface area contributed by atoms with Gasteiger partial charge in [0.25, 0.3) is 0 Å². The van der Waals surface area contributed by atoms with Gasteiger partial charge < -0.3 is 14.8 Å². The number of ether oxygens (including phenoxy) is 2. The average Bonchev–Trinajstić information content (AvgIpc) is 2.54. The largest absolute Gasteiger partial charge is 0.378 e. The van der Waals surface area contributed by atoms with E-state index in [9.17, 15) is 4.79 Å². The van der Waals surface area contributed by atoms with Gasteiger partial charge in [-0.1, -0.05) is 0 Å². The van der Waals surface area contributed by atoms with Crippen LogP contribution in [0.4, 0.5) is 0 Å². The monoisotopic (exact) mass is 184 g/mol. The summed E-state index contributed by atoms with van der Waals surface area (Å²) in [6.07, 6.45) is 0.541. The van der Waals surface area contributed by atoms with E-state index in [1.165, 1.54) is 7.11 Å². The van der Waals surface area contributed by atoms with Gasteiger partial charge in [0.1, 0.15) is 6.61 Å². The Morgan fingerprint density at radius 2 is 2.62 bits per heavy atom. The van der Waals surface area contributed by atoms with Gasteiger partial charge in [-0.25, -0.2) is 0 Å². The van der Waals surface area contributed by atoms with E-state index in [0.29, 0.717) is 13.0 Å². The molecule has 0 aliphatic carbocycles. The Labute approximate surface area is 76.6 Å². The van der Waals surface area contributed by atoms with Crippen LogP contribution in [0.5, 0.6) is 0 Å². The van der Waals surface area contributed by atoms with E-state index in [0.717, 1.165) is 0 Å². The van der Waals surface area contributed by atoms with E-state index in [1.54, 1.807) is 0 Å². The van der Waals surface area contributed by atoms with Crippen molar-refractivity contribution in [2.45, 2.75) is 12.0 Å². The molecule has 72 valence electrons. The van der Waals surface area contributed by atoms with Crippen LogP contribution in [0.1, 0.15) is 6.42 Å². The molecule has 0 radical (unpaired) electrons. The van der Waals surface area contributed by atoms with E-state index >= 15 is 0 Å². The minimum Gasteiger partial charge on any atom is -0.378 e. The maximum atomic E-state index is 11.1. The molecular weight excluding hydrogens is 172 g/mol. The maximum Gasteiger partial charge on any atom is 0.247 e. The normalized spacial score (nSPS) is 26.8. The zero-order chi connectivity index (χ0) is 9.73. The van der Waals surface area contributed by atoms with Crippen LogP contribution in [0.3, 0.4) is 0 Å². The van der Waals surface area contributed by atoms with Gasteiger partial charge in [-0.3, -0.25) is 4.79 Å². The fraction of sp³-hybridized carbons (Fsp3) is 0.750. The maximum absolute atomic E-state index is 11.1. The van der Waals surface area contributed by atoms with Crippen molar-refractivity contribution in [3.8, 4) is 6.07 Å². The van der Waals surface area contributed by atoms with Gasteiger partial charge in [0.05, 0.1) is 19.3 Å². The van der Waals surface area contributed by atoms with Crippen LogP contribution >= 0.6 is 0 Å². The molecule has 0 spiro atoms. The van der Waals surface area contributed by atoms with Crippen molar-refractivity contribution in [3.63, 3.8) is 0 Å². The van der Waals surface area contributed by atoms with Gasteiger partial charge in [-0.05, 0) is 0 Å². The predicted octanol–water partition coefficient (Wildman–Crippen LogP) is -0.568. The topological polar surface area (TPSA) is 71.3 Å². The number of nitrogens with zero attached hydrogens (tertiary/aromatic N) is 1. The molecule has 1 heterocycles. The molecule has 5 nitrogen and oxygen atoms in total. The molecule has 13 heavy (non-hydrogen) atoms. The number of carbonyl (C=O) groups is 1. The highest BCUT2D eigenvalue weighted by Crippen LogP contribution is 2.16. The molecule has 1 unspecified atom stereocenters. The molecule has 0 aromatic rings. The number of hydrogen-bond donors (Lipinski definition) is 1. The van der Waals surface area contributed by atoms with Crippen molar-refractivity contribution in [3.05, 3.63) is 0 Å². The highest BCUT2D eigenvalue weighted by molar-refractivity contribution is 5.78. The Hall–Kier alpha value is -1.12. The van der Waals surface area contributed by atoms with Crippen LogP contribution in [0.2, 0.25) is 0 Å². The zero-order valence-corrected chi connectivity index (χ0v) is 7.50. The molecule has 1 aliphatic rings. The Morgan fingerprint density at radius 1 is 1.85 bits per heavy atom. The summed E-state index contributed by atoms with van der Waals surface area (Å²) in [5.41, 5.74) is -0.838. The van der Waals surface area contributed by atoms with Crippen molar-refractivity contribution >= 4 is 5.91 Å². The molecule has 1 aliphatic heterocycles. The van der Waals surface area contributed by atoms with Gasteiger partial charge >= 0.3 is 0 Å². The third-order valence-corrected chi connectivity index (χ3v) is 1.89. The second kappa shape index (κ2) is 4.21. The summed E-state index contributed by atoms with van der Waals surface area (Å²) in [4.78, 5) is 11.1. The number of amides is 1. The minimum absolute atomic E-state index is 0.0244. The molecule has 1 fully saturated rings. The molecule has 5 heteroatoms. The van der Waals surface area contributed by atoms with Crippen molar-refractivity contribution in [2.24, 2.45) is 0 Å². The second-order valence-electron chi connectivity index (χ2n) is 2.98. The molecule has 1 N–H and O–H groups in total. The Kier molecular flexibility index (Phi) is 3.23. The lowest BCUT2D eigenvalue weighted by atomic mass is 10.0. The molecule has 1 saturated heterocycles. The smallest absolute Gasteiger partial charge is 0.247 e. The van der Waals surface area contributed by atoms with E-state index < -0.39 is 5.54 Å². The first-order chi connectivity index (χ1) is 6.22. The summed E-state index contributed by atoms with van der Waals surface area (Å²) in [6, 6.07) is 2.05. The van der Waals surface area contributed by atoms with Gasteiger partial charge in [-0.15, -0.1) is 0 Å². The zero-order valence-electron chi connectivity index (χ0n) is 7.50. The second-order valence-corrected chi connectivity index (χ2v) is 2.98. The fourth-order valence-corrected chi connectivity index (χ4v) is 1.21. The van der Waals surface area contributed by atoms with E-state index in [1.807, 2.05) is 0 Å². The standard InChI is InChI=1S/C8H12N2O3/c1-12-4-7(11)10-8(5-9)2-3-13-6-8/h2-4,6H2,1H3,(H,10,11). The third kappa shape index (κ3) is 2.41. The van der Waals surface area contributed by atoms with E-state index in [-0.39, 0.29) is 19.1 Å². The number of methoxy groups -OCH3 is 1. The molecular formula is C8H12N2O3. The van der Waals surface area contributed by atoms with Gasteiger partial charge in [0.15, 0.2) is 5.54 Å². The van der Waals surface area contributed by atoms with Gasteiger partial charge in [0.2, 0.25) is 5.91 Å². The summed E-state index contributed by atoms with van der Waals surface area (Å²) < 4.78 is 9.69. The Morgan fingerprint density at radius 3 is 3.08 bits per heavy atom.